The highest BCUT2D eigenvalue weighted by molar-refractivity contribution is 6.96. The largest absolute Gasteiger partial charge is 0.636 e. The molecule has 7 unspecified atom stereocenters. The molecule has 0 spiro atoms. The van der Waals surface area contributed by atoms with Gasteiger partial charge in [0.05, 0.1) is 0 Å². The Hall–Kier alpha value is -4.57. The third kappa shape index (κ3) is 26.9. The molecule has 0 fully saturated rings. The van der Waals surface area contributed by atoms with E-state index >= 15 is 0 Å². The van der Waals surface area contributed by atoms with Crippen molar-refractivity contribution in [1.82, 2.24) is 0 Å². The van der Waals surface area contributed by atoms with Crippen LogP contribution in [0.2, 0.25) is 134 Å². The van der Waals surface area contributed by atoms with Gasteiger partial charge < -0.3 is 28.8 Å². The summed E-state index contributed by atoms with van der Waals surface area (Å²) in [5, 5.41) is 1.10. The molecule has 0 aliphatic heterocycles. The van der Waals surface area contributed by atoms with E-state index in [1.807, 2.05) is 0 Å². The van der Waals surface area contributed by atoms with Crippen molar-refractivity contribution in [2.75, 3.05) is 0 Å². The number of benzene rings is 8. The fourth-order valence-corrected chi connectivity index (χ4v) is 56.0. The van der Waals surface area contributed by atoms with Crippen LogP contribution >= 0.6 is 0 Å². The van der Waals surface area contributed by atoms with Crippen LogP contribution in [0.25, 0.3) is 0 Å². The van der Waals surface area contributed by atoms with E-state index in [1.165, 1.54) is 38.9 Å². The van der Waals surface area contributed by atoms with Gasteiger partial charge in [-0.15, -0.1) is 0 Å². The van der Waals surface area contributed by atoms with Crippen molar-refractivity contribution in [1.29, 1.82) is 0 Å². The summed E-state index contributed by atoms with van der Waals surface area (Å²) in [5.74, 6) is 2.55. The quantitative estimate of drug-likeness (QED) is 0.0363. The topological polar surface area (TPSA) is 64.6 Å². The molecule has 16 heteroatoms. The van der Waals surface area contributed by atoms with Crippen molar-refractivity contribution >= 4 is 81.3 Å². The van der Waals surface area contributed by atoms with Crippen LogP contribution in [-0.4, -0.2) is 76.1 Å². The Balaban J connectivity index is 0.000000281. The number of rotatable bonds is 36. The highest BCUT2D eigenvalue weighted by Gasteiger charge is 2.59. The Bertz CT molecular complexity index is 3190. The van der Waals surface area contributed by atoms with Gasteiger partial charge in [0.15, 0.2) is 58.2 Å². The summed E-state index contributed by atoms with van der Waals surface area (Å²) >= 11 is 0. The molecule has 0 saturated heterocycles. The second-order valence-corrected chi connectivity index (χ2v) is 69.0. The summed E-state index contributed by atoms with van der Waals surface area (Å²) in [7, 11) is -23.9. The molecule has 0 radical (unpaired) electrons. The predicted molar refractivity (Wildman–Crippen MR) is 445 cm³/mol. The Labute approximate surface area is 611 Å². The second kappa shape index (κ2) is 36.2. The standard InChI is InChI=1S/C44H68O4Si5.C39H56O3Si4/c1-37(41-25-17-13-18-26-41)33-49(5,6)45-53(46-50(7,8)34-38(2)42-27-19-14-20-28-42,47-51(9,10)35-39(3)43-29-21-15-22-30-43)48-52(11,12)36-40(4)44-31-23-16-24-32-44;1-33(36-22-14-10-15-23-36)30-43(4,5)40-46(39-28-20-13-21-29-39,41-44(6,7)31-34(2)37-24-16-11-17-25-37)42-45(8,9)32-35(3)38-26-18-12-19-27-38/h13-32,37-40H,33-36H2,1-12H3;10-29,33-35H,30-32H2,1-9H3. The summed E-state index contributed by atoms with van der Waals surface area (Å²) in [4.78, 5) is 0. The van der Waals surface area contributed by atoms with Gasteiger partial charge in [-0.05, 0) is 214 Å². The first-order chi connectivity index (χ1) is 46.5. The van der Waals surface area contributed by atoms with E-state index < -0.39 is 76.1 Å². The Morgan fingerprint density at radius 2 is 0.323 bits per heavy atom. The highest BCUT2D eigenvalue weighted by atomic mass is 28.5. The molecule has 0 aliphatic carbocycles. The summed E-state index contributed by atoms with van der Waals surface area (Å²) < 4.78 is 53.8. The van der Waals surface area contributed by atoms with Crippen molar-refractivity contribution in [3.8, 4) is 0 Å². The predicted octanol–water partition coefficient (Wildman–Crippen LogP) is 24.4. The monoisotopic (exact) mass is 1480 g/mol. The van der Waals surface area contributed by atoms with Gasteiger partial charge in [0.2, 0.25) is 0 Å². The lowest BCUT2D eigenvalue weighted by Crippen LogP contribution is -2.68. The second-order valence-electron chi connectivity index (χ2n) is 33.1. The molecule has 534 valence electrons. The Kier molecular flexibility index (Phi) is 29.9. The van der Waals surface area contributed by atoms with Crippen molar-refractivity contribution in [3.05, 3.63) is 282 Å². The lowest BCUT2D eigenvalue weighted by atomic mass is 10.0. The van der Waals surface area contributed by atoms with Crippen LogP contribution in [0.3, 0.4) is 0 Å². The van der Waals surface area contributed by atoms with Gasteiger partial charge in [-0.3, -0.25) is 0 Å². The minimum absolute atomic E-state index is 0.347. The van der Waals surface area contributed by atoms with Gasteiger partial charge in [0, 0.05) is 5.19 Å². The fraction of sp³-hybridized carbons (Fsp3) is 0.422. The summed E-state index contributed by atoms with van der Waals surface area (Å²) in [6.07, 6.45) is 0. The van der Waals surface area contributed by atoms with Crippen LogP contribution in [0.4, 0.5) is 0 Å². The molecule has 0 bridgehead atoms. The zero-order valence-corrected chi connectivity index (χ0v) is 73.4. The maximum absolute atomic E-state index is 7.70. The van der Waals surface area contributed by atoms with Gasteiger partial charge in [0.1, 0.15) is 0 Å². The van der Waals surface area contributed by atoms with Crippen molar-refractivity contribution < 1.29 is 28.8 Å². The molecule has 0 heterocycles. The minimum Gasteiger partial charge on any atom is -0.413 e. The Morgan fingerprint density at radius 1 is 0.192 bits per heavy atom. The van der Waals surface area contributed by atoms with Gasteiger partial charge in [-0.1, -0.05) is 291 Å². The van der Waals surface area contributed by atoms with Gasteiger partial charge in [-0.25, -0.2) is 0 Å². The number of hydrogen-bond acceptors (Lipinski definition) is 7. The van der Waals surface area contributed by atoms with E-state index in [4.69, 9.17) is 28.8 Å². The highest BCUT2D eigenvalue weighted by Crippen LogP contribution is 2.42. The minimum atomic E-state index is -3.76. The van der Waals surface area contributed by atoms with Crippen LogP contribution in [-0.2, 0) is 28.8 Å². The van der Waals surface area contributed by atoms with E-state index in [9.17, 15) is 0 Å². The molecule has 0 N–H and O–H groups in total. The first-order valence-corrected chi connectivity index (χ1v) is 62.0. The maximum atomic E-state index is 7.70. The van der Waals surface area contributed by atoms with Crippen LogP contribution in [0, 0.1) is 0 Å². The fourth-order valence-electron chi connectivity index (χ4n) is 15.2. The van der Waals surface area contributed by atoms with E-state index in [-0.39, 0.29) is 0 Å². The lowest BCUT2D eigenvalue weighted by Gasteiger charge is -2.47. The van der Waals surface area contributed by atoms with Crippen LogP contribution in [0.15, 0.2) is 243 Å². The maximum Gasteiger partial charge on any atom is 0.636 e. The zero-order chi connectivity index (χ0) is 72.3. The molecule has 8 aromatic rings. The average Bonchev–Trinajstić information content (AvgIpc) is 0.775. The van der Waals surface area contributed by atoms with Crippen molar-refractivity contribution in [3.63, 3.8) is 0 Å². The molecule has 8 aromatic carbocycles. The molecular formula is C83H124O7Si9. The molecule has 0 aromatic heterocycles. The summed E-state index contributed by atoms with van der Waals surface area (Å²) in [6, 6.07) is 93.6. The third-order valence-electron chi connectivity index (χ3n) is 19.1. The molecule has 7 nitrogen and oxygen atoms in total. The number of hydrogen-bond donors (Lipinski definition) is 0. The van der Waals surface area contributed by atoms with Gasteiger partial charge in [-0.2, -0.15) is 0 Å². The van der Waals surface area contributed by atoms with Crippen LogP contribution in [0.5, 0.6) is 0 Å². The molecular weight excluding hydrogens is 1360 g/mol. The normalized spacial score (nSPS) is 16.2. The lowest BCUT2D eigenvalue weighted by molar-refractivity contribution is 0.144. The summed E-state index contributed by atoms with van der Waals surface area (Å²) in [5.41, 5.74) is 9.45. The van der Waals surface area contributed by atoms with E-state index in [1.54, 1.807) is 0 Å². The SMILES string of the molecule is CC(C[Si](C)(C)O[Si](O[Si](C)(C)CC(C)c1ccccc1)(O[Si](C)(C)CC(C)c1ccccc1)O[Si](C)(C)CC(C)c1ccccc1)c1ccccc1.CC(C[Si](C)(C)O[Si](O[Si](C)(C)CC(C)c1ccccc1)(O[Si](C)(C)CC(C)c1ccccc1)c1ccccc1)c1ccccc1. The molecule has 7 atom stereocenters. The van der Waals surface area contributed by atoms with Crippen molar-refractivity contribution in [2.24, 2.45) is 0 Å². The summed E-state index contributed by atoms with van der Waals surface area (Å²) in [6.45, 7) is 49.4. The average molecular weight is 1490 g/mol. The van der Waals surface area contributed by atoms with E-state index in [2.05, 4.69) is 383 Å². The molecule has 0 aliphatic rings. The van der Waals surface area contributed by atoms with Crippen LogP contribution in [0.1, 0.15) is 129 Å². The smallest absolute Gasteiger partial charge is 0.413 e. The first-order valence-electron chi connectivity index (χ1n) is 36.8. The van der Waals surface area contributed by atoms with E-state index in [0.717, 1.165) is 47.5 Å². The van der Waals surface area contributed by atoms with Crippen molar-refractivity contribution in [2.45, 2.75) is 224 Å². The molecule has 0 amide bonds. The first kappa shape index (κ1) is 81.7. The molecule has 8 rings (SSSR count). The molecule has 99 heavy (non-hydrogen) atoms. The molecule has 0 saturated carbocycles. The van der Waals surface area contributed by atoms with Gasteiger partial charge in [0.25, 0.3) is 0 Å². The Morgan fingerprint density at radius 3 is 0.475 bits per heavy atom. The van der Waals surface area contributed by atoms with Gasteiger partial charge >= 0.3 is 17.9 Å². The van der Waals surface area contributed by atoms with E-state index in [0.29, 0.717) is 41.4 Å². The zero-order valence-electron chi connectivity index (χ0n) is 64.4. The van der Waals surface area contributed by atoms with Crippen LogP contribution < -0.4 is 5.19 Å². The third-order valence-corrected chi connectivity index (χ3v) is 54.0.